The standard InChI is InChI=1S/C46H48O3/c1-8-17-35-29-37(25-27-41(35)48-32(3)4)44(33-19-12-10-13-20-33)45(34-21-14-11-15-22-34)38-26-28-42(36(30-38)18-9-2)49-43-24-16-23-40(39(43)31-47)46(5,6)7/h8-16,19-30,32,47H,1-2,17-18,31H2,3-7H3/b45-44-. The highest BCUT2D eigenvalue weighted by Crippen LogP contribution is 2.41. The molecule has 0 heterocycles. The van der Waals surface area contributed by atoms with Gasteiger partial charge in [-0.15, -0.1) is 13.2 Å². The zero-order valence-electron chi connectivity index (χ0n) is 29.5. The smallest absolute Gasteiger partial charge is 0.133 e. The number of benzene rings is 5. The predicted octanol–water partition coefficient (Wildman–Crippen LogP) is 11.5. The molecular weight excluding hydrogens is 601 g/mol. The summed E-state index contributed by atoms with van der Waals surface area (Å²) in [4.78, 5) is 0. The lowest BCUT2D eigenvalue weighted by molar-refractivity contribution is 0.240. The molecule has 0 radical (unpaired) electrons. The van der Waals surface area contributed by atoms with Gasteiger partial charge >= 0.3 is 0 Å². The third-order valence-electron chi connectivity index (χ3n) is 8.48. The summed E-state index contributed by atoms with van der Waals surface area (Å²) in [7, 11) is 0. The number of aliphatic hydroxyl groups is 1. The zero-order chi connectivity index (χ0) is 35.0. The minimum atomic E-state index is -0.140. The molecule has 0 fully saturated rings. The van der Waals surface area contributed by atoms with Crippen molar-refractivity contribution in [3.63, 3.8) is 0 Å². The third-order valence-corrected chi connectivity index (χ3v) is 8.48. The summed E-state index contributed by atoms with van der Waals surface area (Å²) in [5, 5.41) is 10.4. The maximum atomic E-state index is 10.4. The van der Waals surface area contributed by atoms with E-state index in [0.29, 0.717) is 18.6 Å². The van der Waals surface area contributed by atoms with Crippen LogP contribution in [0.5, 0.6) is 17.2 Å². The highest BCUT2D eigenvalue weighted by molar-refractivity contribution is 6.04. The van der Waals surface area contributed by atoms with Gasteiger partial charge in [-0.25, -0.2) is 0 Å². The monoisotopic (exact) mass is 648 g/mol. The van der Waals surface area contributed by atoms with Gasteiger partial charge in [0.1, 0.15) is 17.2 Å². The molecule has 250 valence electrons. The van der Waals surface area contributed by atoms with Crippen LogP contribution in [0, 0.1) is 0 Å². The van der Waals surface area contributed by atoms with E-state index in [0.717, 1.165) is 67.2 Å². The van der Waals surface area contributed by atoms with Crippen LogP contribution < -0.4 is 9.47 Å². The molecule has 5 rings (SSSR count). The van der Waals surface area contributed by atoms with Crippen LogP contribution in [-0.4, -0.2) is 11.2 Å². The van der Waals surface area contributed by atoms with E-state index in [4.69, 9.17) is 9.47 Å². The number of aliphatic hydroxyl groups excluding tert-OH is 1. The first-order chi connectivity index (χ1) is 23.6. The summed E-state index contributed by atoms with van der Waals surface area (Å²) in [6.45, 7) is 18.6. The lowest BCUT2D eigenvalue weighted by Crippen LogP contribution is -2.15. The molecule has 3 nitrogen and oxygen atoms in total. The average molecular weight is 649 g/mol. The van der Waals surface area contributed by atoms with Crippen LogP contribution in [-0.2, 0) is 24.9 Å². The van der Waals surface area contributed by atoms with E-state index < -0.39 is 0 Å². The van der Waals surface area contributed by atoms with Gasteiger partial charge in [0.25, 0.3) is 0 Å². The van der Waals surface area contributed by atoms with Crippen molar-refractivity contribution in [3.05, 3.63) is 185 Å². The Morgan fingerprint density at radius 1 is 0.633 bits per heavy atom. The van der Waals surface area contributed by atoms with E-state index in [1.165, 1.54) is 0 Å². The van der Waals surface area contributed by atoms with Crippen LogP contribution in [0.15, 0.2) is 141 Å². The molecule has 0 aliphatic rings. The topological polar surface area (TPSA) is 38.7 Å². The van der Waals surface area contributed by atoms with Crippen molar-refractivity contribution in [1.29, 1.82) is 0 Å². The molecule has 3 heteroatoms. The second-order valence-corrected chi connectivity index (χ2v) is 13.6. The van der Waals surface area contributed by atoms with E-state index in [-0.39, 0.29) is 18.1 Å². The van der Waals surface area contributed by atoms with Crippen molar-refractivity contribution >= 4 is 11.1 Å². The SMILES string of the molecule is C=CCc1cc(/C(=C(/c2ccccc2)c2ccc(OC(C)C)c(CC=C)c2)c2ccccc2)ccc1Oc1cccc(C(C)(C)C)c1CO. The Hall–Kier alpha value is -5.12. The van der Waals surface area contributed by atoms with Crippen molar-refractivity contribution in [2.24, 2.45) is 0 Å². The molecule has 0 amide bonds. The molecule has 0 unspecified atom stereocenters. The van der Waals surface area contributed by atoms with Gasteiger partial charge in [-0.05, 0) is 113 Å². The Kier molecular flexibility index (Phi) is 11.4. The molecule has 0 aromatic heterocycles. The summed E-state index contributed by atoms with van der Waals surface area (Å²) in [5.74, 6) is 2.27. The van der Waals surface area contributed by atoms with E-state index in [9.17, 15) is 5.11 Å². The average Bonchev–Trinajstić information content (AvgIpc) is 3.09. The summed E-state index contributed by atoms with van der Waals surface area (Å²) in [6, 6.07) is 40.0. The molecular formula is C46H48O3. The number of allylic oxidation sites excluding steroid dienone is 2. The zero-order valence-corrected chi connectivity index (χ0v) is 29.5. The first-order valence-corrected chi connectivity index (χ1v) is 17.1. The van der Waals surface area contributed by atoms with Crippen molar-refractivity contribution < 1.29 is 14.6 Å². The minimum absolute atomic E-state index is 0.0619. The summed E-state index contributed by atoms with van der Waals surface area (Å²) in [6.07, 6.45) is 5.20. The molecule has 0 atom stereocenters. The van der Waals surface area contributed by atoms with Gasteiger partial charge in [0.2, 0.25) is 0 Å². The molecule has 5 aromatic rings. The van der Waals surface area contributed by atoms with E-state index in [1.807, 2.05) is 36.4 Å². The first kappa shape index (κ1) is 35.2. The van der Waals surface area contributed by atoms with E-state index >= 15 is 0 Å². The highest BCUT2D eigenvalue weighted by Gasteiger charge is 2.22. The molecule has 0 bridgehead atoms. The first-order valence-electron chi connectivity index (χ1n) is 17.1. The van der Waals surface area contributed by atoms with Crippen molar-refractivity contribution in [3.8, 4) is 17.2 Å². The van der Waals surface area contributed by atoms with Gasteiger partial charge < -0.3 is 14.6 Å². The maximum absolute atomic E-state index is 10.4. The van der Waals surface area contributed by atoms with Crippen molar-refractivity contribution in [2.45, 2.75) is 65.6 Å². The van der Waals surface area contributed by atoms with Crippen LogP contribution in [0.4, 0.5) is 0 Å². The van der Waals surface area contributed by atoms with Gasteiger partial charge in [0.05, 0.1) is 12.7 Å². The lowest BCUT2D eigenvalue weighted by Gasteiger charge is -2.24. The Morgan fingerprint density at radius 3 is 1.61 bits per heavy atom. The largest absolute Gasteiger partial charge is 0.491 e. The molecule has 0 saturated heterocycles. The second-order valence-electron chi connectivity index (χ2n) is 13.6. The molecule has 0 spiro atoms. The highest BCUT2D eigenvalue weighted by atomic mass is 16.5. The fraction of sp³-hybridized carbons (Fsp3) is 0.217. The number of hydrogen-bond acceptors (Lipinski definition) is 3. The van der Waals surface area contributed by atoms with Gasteiger partial charge in [0, 0.05) is 5.56 Å². The molecule has 1 N–H and O–H groups in total. The summed E-state index contributed by atoms with van der Waals surface area (Å²) >= 11 is 0. The van der Waals surface area contributed by atoms with Crippen molar-refractivity contribution in [2.75, 3.05) is 0 Å². The summed E-state index contributed by atoms with van der Waals surface area (Å²) < 4.78 is 12.8. The Morgan fingerprint density at radius 2 is 1.14 bits per heavy atom. The van der Waals surface area contributed by atoms with Crippen LogP contribution >= 0.6 is 0 Å². The van der Waals surface area contributed by atoms with E-state index in [1.54, 1.807) is 0 Å². The molecule has 0 aliphatic heterocycles. The summed E-state index contributed by atoms with van der Waals surface area (Å²) in [5.41, 5.74) is 10.4. The maximum Gasteiger partial charge on any atom is 0.133 e. The normalized spacial score (nSPS) is 12.0. The number of rotatable bonds is 13. The lowest BCUT2D eigenvalue weighted by atomic mass is 9.83. The quantitative estimate of drug-likeness (QED) is 0.102. The molecule has 0 aliphatic carbocycles. The Bertz CT molecular complexity index is 1930. The van der Waals surface area contributed by atoms with Gasteiger partial charge in [0.15, 0.2) is 0 Å². The van der Waals surface area contributed by atoms with E-state index in [2.05, 4.69) is 139 Å². The molecule has 5 aromatic carbocycles. The van der Waals surface area contributed by atoms with Gasteiger partial charge in [-0.2, -0.15) is 0 Å². The van der Waals surface area contributed by atoms with Crippen LogP contribution in [0.1, 0.15) is 79.1 Å². The number of ether oxygens (including phenoxy) is 2. The van der Waals surface area contributed by atoms with Crippen LogP contribution in [0.3, 0.4) is 0 Å². The second kappa shape index (κ2) is 15.9. The molecule has 0 saturated carbocycles. The van der Waals surface area contributed by atoms with Crippen molar-refractivity contribution in [1.82, 2.24) is 0 Å². The number of hydrogen-bond donors (Lipinski definition) is 1. The van der Waals surface area contributed by atoms with Gasteiger partial charge in [-0.3, -0.25) is 0 Å². The minimum Gasteiger partial charge on any atom is -0.491 e. The Balaban J connectivity index is 1.76. The Labute approximate surface area is 292 Å². The predicted molar refractivity (Wildman–Crippen MR) is 205 cm³/mol. The van der Waals surface area contributed by atoms with Gasteiger partial charge in [-0.1, -0.05) is 118 Å². The fourth-order valence-corrected chi connectivity index (χ4v) is 6.33. The van der Waals surface area contributed by atoms with Crippen LogP contribution in [0.2, 0.25) is 0 Å². The van der Waals surface area contributed by atoms with Crippen LogP contribution in [0.25, 0.3) is 11.1 Å². The third kappa shape index (κ3) is 8.31. The fourth-order valence-electron chi connectivity index (χ4n) is 6.33. The molecule has 49 heavy (non-hydrogen) atoms.